The molecule has 1 aromatic carbocycles. The molecule has 33 heavy (non-hydrogen) atoms. The monoisotopic (exact) mass is 459 g/mol. The Morgan fingerprint density at radius 1 is 1.15 bits per heavy atom. The highest BCUT2D eigenvalue weighted by molar-refractivity contribution is 6.03. The smallest absolute Gasteiger partial charge is 0.336 e. The molecule has 1 aliphatic heterocycles. The molecule has 10 heteroatoms. The van der Waals surface area contributed by atoms with Crippen LogP contribution in [0.15, 0.2) is 46.8 Å². The van der Waals surface area contributed by atoms with Gasteiger partial charge in [0.2, 0.25) is 0 Å². The van der Waals surface area contributed by atoms with Crippen molar-refractivity contribution in [2.24, 2.45) is 5.92 Å². The zero-order valence-electron chi connectivity index (χ0n) is 19.6. The number of methoxy groups -OCH3 is 1. The fraction of sp³-hybridized carbons (Fsp3) is 0.435. The third kappa shape index (κ3) is 5.39. The molecule has 0 aromatic heterocycles. The molecule has 0 saturated carbocycles. The highest BCUT2D eigenvalue weighted by Gasteiger charge is 2.41. The molecular formula is C23H29N3O7. The normalized spacial score (nSPS) is 16.8. The molecule has 0 spiro atoms. The van der Waals surface area contributed by atoms with Crippen LogP contribution >= 0.6 is 0 Å². The quantitative estimate of drug-likeness (QED) is 0.344. The van der Waals surface area contributed by atoms with Gasteiger partial charge in [0.25, 0.3) is 11.6 Å². The largest absolute Gasteiger partial charge is 0.466 e. The van der Waals surface area contributed by atoms with Crippen LogP contribution < -0.4 is 10.6 Å². The average Bonchev–Trinajstić information content (AvgIpc) is 2.76. The zero-order valence-corrected chi connectivity index (χ0v) is 19.6. The van der Waals surface area contributed by atoms with Crippen molar-refractivity contribution < 1.29 is 28.8 Å². The van der Waals surface area contributed by atoms with Crippen LogP contribution in [0.1, 0.15) is 46.1 Å². The number of rotatable bonds is 8. The Morgan fingerprint density at radius 2 is 1.76 bits per heavy atom. The Hall–Kier alpha value is -3.69. The molecule has 2 atom stereocenters. The number of hydrogen-bond acceptors (Lipinski definition) is 8. The van der Waals surface area contributed by atoms with Gasteiger partial charge >= 0.3 is 11.9 Å². The maximum absolute atomic E-state index is 13.5. The predicted molar refractivity (Wildman–Crippen MR) is 120 cm³/mol. The molecule has 0 bridgehead atoms. The lowest BCUT2D eigenvalue weighted by Crippen LogP contribution is -2.47. The van der Waals surface area contributed by atoms with Gasteiger partial charge in [0, 0.05) is 28.6 Å². The number of nitro groups is 1. The Morgan fingerprint density at radius 3 is 2.30 bits per heavy atom. The Bertz CT molecular complexity index is 1030. The topological polar surface area (TPSA) is 137 Å². The zero-order chi connectivity index (χ0) is 24.9. The minimum absolute atomic E-state index is 0.0692. The molecular weight excluding hydrogens is 430 g/mol. The first-order valence-electron chi connectivity index (χ1n) is 10.5. The molecule has 1 amide bonds. The van der Waals surface area contributed by atoms with E-state index in [-0.39, 0.29) is 34.9 Å². The molecule has 2 N–H and O–H groups in total. The van der Waals surface area contributed by atoms with Crippen LogP contribution in [0.3, 0.4) is 0 Å². The van der Waals surface area contributed by atoms with Gasteiger partial charge in [-0.3, -0.25) is 14.9 Å². The lowest BCUT2D eigenvalue weighted by atomic mass is 9.79. The van der Waals surface area contributed by atoms with Crippen molar-refractivity contribution in [3.05, 3.63) is 62.5 Å². The third-order valence-corrected chi connectivity index (χ3v) is 5.35. The number of amides is 1. The summed E-state index contributed by atoms with van der Waals surface area (Å²) in [5.41, 5.74) is 0.857. The molecule has 0 unspecified atom stereocenters. The minimum Gasteiger partial charge on any atom is -0.466 e. The predicted octanol–water partition coefficient (Wildman–Crippen LogP) is 2.71. The van der Waals surface area contributed by atoms with Gasteiger partial charge in [-0.1, -0.05) is 32.0 Å². The number of esters is 2. The van der Waals surface area contributed by atoms with E-state index in [0.29, 0.717) is 11.4 Å². The molecule has 0 saturated heterocycles. The van der Waals surface area contributed by atoms with E-state index in [1.165, 1.54) is 25.3 Å². The number of nitrogens with one attached hydrogen (secondary N) is 2. The molecule has 1 heterocycles. The number of carbonyl (C=O) groups excluding carboxylic acids is 3. The van der Waals surface area contributed by atoms with Crippen molar-refractivity contribution in [2.45, 2.75) is 46.6 Å². The lowest BCUT2D eigenvalue weighted by molar-refractivity contribution is -0.385. The van der Waals surface area contributed by atoms with Crippen LogP contribution in [0.5, 0.6) is 0 Å². The number of dihydropyridines is 1. The molecule has 2 rings (SSSR count). The van der Waals surface area contributed by atoms with Gasteiger partial charge in [0.15, 0.2) is 0 Å². The summed E-state index contributed by atoms with van der Waals surface area (Å²) in [5, 5.41) is 17.4. The van der Waals surface area contributed by atoms with Crippen LogP contribution in [0.25, 0.3) is 0 Å². The van der Waals surface area contributed by atoms with Gasteiger partial charge in [0.05, 0.1) is 30.1 Å². The molecule has 0 radical (unpaired) electrons. The van der Waals surface area contributed by atoms with Crippen LogP contribution in [0.4, 0.5) is 5.69 Å². The van der Waals surface area contributed by atoms with Gasteiger partial charge in [-0.15, -0.1) is 0 Å². The van der Waals surface area contributed by atoms with E-state index in [4.69, 9.17) is 9.47 Å². The van der Waals surface area contributed by atoms with Gasteiger partial charge in [0.1, 0.15) is 6.04 Å². The second-order valence-corrected chi connectivity index (χ2v) is 7.89. The number of ether oxygens (including phenoxy) is 2. The van der Waals surface area contributed by atoms with E-state index in [2.05, 4.69) is 10.6 Å². The number of nitrogens with zero attached hydrogens (tertiary/aromatic N) is 1. The number of para-hydroxylation sites is 1. The second-order valence-electron chi connectivity index (χ2n) is 7.89. The average molecular weight is 459 g/mol. The number of benzene rings is 1. The third-order valence-electron chi connectivity index (χ3n) is 5.35. The molecule has 0 fully saturated rings. The fourth-order valence-corrected chi connectivity index (χ4v) is 3.83. The SMILES string of the molecule is CCOC(=O)[C@@H](NC(=O)C1=C(C)NC(C)=C(C(=O)OC)[C@H]1c1ccccc1[N+](=O)[O-])C(C)C. The van der Waals surface area contributed by atoms with Crippen molar-refractivity contribution in [3.63, 3.8) is 0 Å². The highest BCUT2D eigenvalue weighted by atomic mass is 16.6. The fourth-order valence-electron chi connectivity index (χ4n) is 3.83. The van der Waals surface area contributed by atoms with E-state index in [9.17, 15) is 24.5 Å². The van der Waals surface area contributed by atoms with E-state index >= 15 is 0 Å². The van der Waals surface area contributed by atoms with Gasteiger partial charge in [-0.05, 0) is 26.7 Å². The van der Waals surface area contributed by atoms with Crippen molar-refractivity contribution in [2.75, 3.05) is 13.7 Å². The summed E-state index contributed by atoms with van der Waals surface area (Å²) >= 11 is 0. The Labute approximate surface area is 192 Å². The number of hydrogen-bond donors (Lipinski definition) is 2. The summed E-state index contributed by atoms with van der Waals surface area (Å²) in [7, 11) is 1.19. The van der Waals surface area contributed by atoms with E-state index in [0.717, 1.165) is 0 Å². The van der Waals surface area contributed by atoms with Crippen LogP contribution in [0, 0.1) is 16.0 Å². The molecule has 10 nitrogen and oxygen atoms in total. The van der Waals surface area contributed by atoms with E-state index in [1.807, 2.05) is 0 Å². The van der Waals surface area contributed by atoms with E-state index in [1.54, 1.807) is 40.7 Å². The van der Waals surface area contributed by atoms with Crippen LogP contribution in [0.2, 0.25) is 0 Å². The lowest BCUT2D eigenvalue weighted by Gasteiger charge is -2.31. The maximum atomic E-state index is 13.5. The van der Waals surface area contributed by atoms with Crippen molar-refractivity contribution >= 4 is 23.5 Å². The first-order chi connectivity index (χ1) is 15.5. The van der Waals surface area contributed by atoms with Gasteiger partial charge < -0.3 is 20.1 Å². The summed E-state index contributed by atoms with van der Waals surface area (Å²) in [5.74, 6) is -3.34. The van der Waals surface area contributed by atoms with Crippen molar-refractivity contribution in [1.29, 1.82) is 0 Å². The first-order valence-corrected chi connectivity index (χ1v) is 10.5. The Balaban J connectivity index is 2.67. The van der Waals surface area contributed by atoms with E-state index < -0.39 is 34.7 Å². The first kappa shape index (κ1) is 25.6. The number of nitro benzene ring substituents is 1. The van der Waals surface area contributed by atoms with Gasteiger partial charge in [-0.25, -0.2) is 9.59 Å². The maximum Gasteiger partial charge on any atom is 0.336 e. The standard InChI is InChI=1S/C23H29N3O7/c1-7-33-23(29)20(12(2)3)25-21(27)17-13(4)24-14(5)18(22(28)32-6)19(17)15-10-8-9-11-16(15)26(30)31/h8-12,19-20,24H,7H2,1-6H3,(H,25,27)/t19-,20-/m0/s1. The summed E-state index contributed by atoms with van der Waals surface area (Å²) in [6, 6.07) is 4.95. The van der Waals surface area contributed by atoms with Crippen LogP contribution in [-0.4, -0.2) is 42.5 Å². The molecule has 1 aliphatic rings. The minimum atomic E-state index is -1.09. The molecule has 1 aromatic rings. The Kier molecular flexibility index (Phi) is 8.33. The van der Waals surface area contributed by atoms with Crippen molar-refractivity contribution in [3.8, 4) is 0 Å². The number of allylic oxidation sites excluding steroid dienone is 2. The summed E-state index contributed by atoms with van der Waals surface area (Å²) in [6.45, 7) is 8.58. The number of carbonyl (C=O) groups is 3. The molecule has 0 aliphatic carbocycles. The molecule has 178 valence electrons. The van der Waals surface area contributed by atoms with Crippen LogP contribution in [-0.2, 0) is 23.9 Å². The highest BCUT2D eigenvalue weighted by Crippen LogP contribution is 2.42. The summed E-state index contributed by atoms with van der Waals surface area (Å²) in [4.78, 5) is 49.8. The van der Waals surface area contributed by atoms with Gasteiger partial charge in [-0.2, -0.15) is 0 Å². The van der Waals surface area contributed by atoms with Crippen molar-refractivity contribution in [1.82, 2.24) is 10.6 Å². The summed E-state index contributed by atoms with van der Waals surface area (Å²) < 4.78 is 10.0. The summed E-state index contributed by atoms with van der Waals surface area (Å²) in [6.07, 6.45) is 0. The second kappa shape index (κ2) is 10.8.